The van der Waals surface area contributed by atoms with Gasteiger partial charge in [0.25, 0.3) is 0 Å². The summed E-state index contributed by atoms with van der Waals surface area (Å²) in [5.41, 5.74) is 1.15. The lowest BCUT2D eigenvalue weighted by molar-refractivity contribution is -0.117. The molecule has 1 aliphatic rings. The Hall–Kier alpha value is -1.85. The first-order valence-corrected chi connectivity index (χ1v) is 7.02. The Morgan fingerprint density at radius 2 is 2.14 bits per heavy atom. The van der Waals surface area contributed by atoms with E-state index in [2.05, 4.69) is 5.32 Å². The van der Waals surface area contributed by atoms with Crippen LogP contribution in [0.3, 0.4) is 0 Å². The van der Waals surface area contributed by atoms with Crippen molar-refractivity contribution in [1.29, 1.82) is 0 Å². The van der Waals surface area contributed by atoms with Crippen LogP contribution < -0.4 is 10.2 Å². The Bertz CT molecular complexity index is 503. The molecule has 1 fully saturated rings. The summed E-state index contributed by atoms with van der Waals surface area (Å²) in [6.07, 6.45) is 3.79. The van der Waals surface area contributed by atoms with Crippen molar-refractivity contribution in [2.24, 2.45) is 0 Å². The second kappa shape index (κ2) is 6.74. The zero-order valence-electron chi connectivity index (χ0n) is 12.5. The fourth-order valence-electron chi connectivity index (χ4n) is 2.10. The van der Waals surface area contributed by atoms with Gasteiger partial charge in [-0.05, 0) is 23.8 Å². The van der Waals surface area contributed by atoms with Crippen molar-refractivity contribution >= 4 is 17.7 Å². The first-order valence-electron chi connectivity index (χ1n) is 7.02. The van der Waals surface area contributed by atoms with Crippen molar-refractivity contribution in [2.75, 3.05) is 38.8 Å². The first-order chi connectivity index (χ1) is 9.98. The summed E-state index contributed by atoms with van der Waals surface area (Å²) < 4.78 is 5.13. The Balaban J connectivity index is 1.84. The highest BCUT2D eigenvalue weighted by molar-refractivity contribution is 5.91. The Morgan fingerprint density at radius 3 is 2.71 bits per heavy atom. The summed E-state index contributed by atoms with van der Waals surface area (Å²) in [6.45, 7) is 1.04. The maximum absolute atomic E-state index is 11.7. The molecular formula is C16H22N2O3. The number of ether oxygens (including phenoxy) is 1. The number of hydrogen-bond acceptors (Lipinski definition) is 4. The van der Waals surface area contributed by atoms with Crippen LogP contribution in [0.25, 0.3) is 6.08 Å². The highest BCUT2D eigenvalue weighted by atomic mass is 16.5. The third kappa shape index (κ3) is 4.58. The molecule has 0 bridgehead atoms. The van der Waals surface area contributed by atoms with E-state index in [-0.39, 0.29) is 19.1 Å². The number of anilines is 1. The van der Waals surface area contributed by atoms with E-state index in [1.165, 1.54) is 6.08 Å². The Labute approximate surface area is 125 Å². The van der Waals surface area contributed by atoms with Crippen molar-refractivity contribution in [1.82, 2.24) is 5.32 Å². The van der Waals surface area contributed by atoms with Crippen LogP contribution in [0.1, 0.15) is 12.0 Å². The number of benzene rings is 1. The monoisotopic (exact) mass is 290 g/mol. The van der Waals surface area contributed by atoms with Gasteiger partial charge in [-0.1, -0.05) is 12.1 Å². The predicted molar refractivity (Wildman–Crippen MR) is 83.2 cm³/mol. The molecule has 1 unspecified atom stereocenters. The fourth-order valence-corrected chi connectivity index (χ4v) is 2.10. The minimum atomic E-state index is -0.920. The van der Waals surface area contributed by atoms with Crippen LogP contribution in [0.2, 0.25) is 0 Å². The molecule has 5 heteroatoms. The van der Waals surface area contributed by atoms with Gasteiger partial charge in [-0.2, -0.15) is 0 Å². The van der Waals surface area contributed by atoms with Crippen LogP contribution >= 0.6 is 0 Å². The SMILES string of the molecule is CN(C)c1ccc(/C=C/C(=O)NCC2(O)CCOC2)cc1. The van der Waals surface area contributed by atoms with Gasteiger partial charge < -0.3 is 20.1 Å². The third-order valence-electron chi connectivity index (χ3n) is 3.51. The van der Waals surface area contributed by atoms with Gasteiger partial charge in [-0.15, -0.1) is 0 Å². The highest BCUT2D eigenvalue weighted by Crippen LogP contribution is 2.17. The smallest absolute Gasteiger partial charge is 0.244 e. The van der Waals surface area contributed by atoms with E-state index in [0.717, 1.165) is 11.3 Å². The van der Waals surface area contributed by atoms with E-state index in [9.17, 15) is 9.90 Å². The minimum Gasteiger partial charge on any atom is -0.386 e. The van der Waals surface area contributed by atoms with Gasteiger partial charge in [-0.25, -0.2) is 0 Å². The van der Waals surface area contributed by atoms with E-state index in [1.54, 1.807) is 6.08 Å². The van der Waals surface area contributed by atoms with Crippen molar-refractivity contribution in [3.63, 3.8) is 0 Å². The molecule has 0 aromatic heterocycles. The second-order valence-electron chi connectivity index (χ2n) is 5.56. The molecule has 1 aliphatic heterocycles. The standard InChI is InChI=1S/C16H22N2O3/c1-18(2)14-6-3-13(4-7-14)5-8-15(19)17-11-16(20)9-10-21-12-16/h3-8,20H,9-12H2,1-2H3,(H,17,19)/b8-5+. The molecule has 1 atom stereocenters. The Morgan fingerprint density at radius 1 is 1.43 bits per heavy atom. The lowest BCUT2D eigenvalue weighted by atomic mass is 10.0. The molecule has 0 radical (unpaired) electrons. The van der Waals surface area contributed by atoms with Crippen LogP contribution in [0.15, 0.2) is 30.3 Å². The van der Waals surface area contributed by atoms with Gasteiger partial charge in [0.1, 0.15) is 5.60 Å². The maximum atomic E-state index is 11.7. The molecule has 0 spiro atoms. The molecule has 5 nitrogen and oxygen atoms in total. The average Bonchev–Trinajstić information content (AvgIpc) is 2.91. The molecule has 1 saturated heterocycles. The van der Waals surface area contributed by atoms with Crippen molar-refractivity contribution in [3.05, 3.63) is 35.9 Å². The lowest BCUT2D eigenvalue weighted by Crippen LogP contribution is -2.42. The molecule has 0 saturated carbocycles. The molecule has 1 aromatic carbocycles. The zero-order chi connectivity index (χ0) is 15.3. The van der Waals surface area contributed by atoms with Gasteiger partial charge in [-0.3, -0.25) is 4.79 Å². The Kier molecular flexibility index (Phi) is 4.98. The number of carbonyl (C=O) groups is 1. The van der Waals surface area contributed by atoms with Crippen LogP contribution in [0.4, 0.5) is 5.69 Å². The van der Waals surface area contributed by atoms with Crippen molar-refractivity contribution in [2.45, 2.75) is 12.0 Å². The largest absolute Gasteiger partial charge is 0.386 e. The molecule has 1 aromatic rings. The van der Waals surface area contributed by atoms with Crippen molar-refractivity contribution < 1.29 is 14.6 Å². The quantitative estimate of drug-likeness (QED) is 0.795. The summed E-state index contributed by atoms with van der Waals surface area (Å²) in [4.78, 5) is 13.8. The number of nitrogens with one attached hydrogen (secondary N) is 1. The van der Waals surface area contributed by atoms with Gasteiger partial charge in [0.05, 0.1) is 6.61 Å². The zero-order valence-corrected chi connectivity index (χ0v) is 12.5. The topological polar surface area (TPSA) is 61.8 Å². The first kappa shape index (κ1) is 15.5. The fraction of sp³-hybridized carbons (Fsp3) is 0.438. The maximum Gasteiger partial charge on any atom is 0.244 e. The van der Waals surface area contributed by atoms with Crippen molar-refractivity contribution in [3.8, 4) is 0 Å². The number of amides is 1. The molecule has 1 heterocycles. The second-order valence-corrected chi connectivity index (χ2v) is 5.56. The van der Waals surface area contributed by atoms with E-state index >= 15 is 0 Å². The summed E-state index contributed by atoms with van der Waals surface area (Å²) in [5.74, 6) is -0.216. The van der Waals surface area contributed by atoms with Gasteiger partial charge in [0, 0.05) is 45.4 Å². The van der Waals surface area contributed by atoms with E-state index in [0.29, 0.717) is 13.0 Å². The molecule has 2 rings (SSSR count). The third-order valence-corrected chi connectivity index (χ3v) is 3.51. The molecule has 21 heavy (non-hydrogen) atoms. The molecule has 2 N–H and O–H groups in total. The molecule has 1 amide bonds. The number of aliphatic hydroxyl groups is 1. The molecule has 114 valence electrons. The lowest BCUT2D eigenvalue weighted by Gasteiger charge is -2.19. The van der Waals surface area contributed by atoms with Crippen LogP contribution in [-0.4, -0.2) is 50.5 Å². The minimum absolute atomic E-state index is 0.216. The van der Waals surface area contributed by atoms with Gasteiger partial charge >= 0.3 is 0 Å². The summed E-state index contributed by atoms with van der Waals surface area (Å²) in [7, 11) is 3.96. The van der Waals surface area contributed by atoms with E-state index < -0.39 is 5.60 Å². The van der Waals surface area contributed by atoms with Crippen LogP contribution in [0, 0.1) is 0 Å². The summed E-state index contributed by atoms with van der Waals surface area (Å²) in [6, 6.07) is 7.90. The van der Waals surface area contributed by atoms with Crippen LogP contribution in [0.5, 0.6) is 0 Å². The van der Waals surface area contributed by atoms with Gasteiger partial charge in [0.15, 0.2) is 0 Å². The average molecular weight is 290 g/mol. The van der Waals surface area contributed by atoms with E-state index in [4.69, 9.17) is 4.74 Å². The number of hydrogen-bond donors (Lipinski definition) is 2. The number of rotatable bonds is 5. The highest BCUT2D eigenvalue weighted by Gasteiger charge is 2.32. The summed E-state index contributed by atoms with van der Waals surface area (Å²) >= 11 is 0. The predicted octanol–water partition coefficient (Wildman–Crippen LogP) is 1.03. The number of nitrogens with zero attached hydrogens (tertiary/aromatic N) is 1. The molecular weight excluding hydrogens is 268 g/mol. The molecule has 0 aliphatic carbocycles. The van der Waals surface area contributed by atoms with Gasteiger partial charge in [0.2, 0.25) is 5.91 Å². The summed E-state index contributed by atoms with van der Waals surface area (Å²) in [5, 5.41) is 12.7. The number of carbonyl (C=O) groups excluding carboxylic acids is 1. The normalized spacial score (nSPS) is 21.7. The van der Waals surface area contributed by atoms with E-state index in [1.807, 2.05) is 43.3 Å². The van der Waals surface area contributed by atoms with Crippen LogP contribution in [-0.2, 0) is 9.53 Å².